The lowest BCUT2D eigenvalue weighted by Gasteiger charge is -2.18. The van der Waals surface area contributed by atoms with Crippen LogP contribution in [0.3, 0.4) is 0 Å². The van der Waals surface area contributed by atoms with Crippen LogP contribution in [-0.4, -0.2) is 42.1 Å². The molecule has 1 N–H and O–H groups in total. The Morgan fingerprint density at radius 1 is 1.35 bits per heavy atom. The topological polar surface area (TPSA) is 55.8 Å². The lowest BCUT2D eigenvalue weighted by atomic mass is 10.1. The smallest absolute Gasteiger partial charge is 0.303 e. The molecule has 0 amide bonds. The van der Waals surface area contributed by atoms with Gasteiger partial charge in [-0.05, 0) is 37.9 Å². The van der Waals surface area contributed by atoms with Crippen LogP contribution in [0.4, 0.5) is 0 Å². The van der Waals surface area contributed by atoms with Gasteiger partial charge in [-0.1, -0.05) is 0 Å². The van der Waals surface area contributed by atoms with Crippen LogP contribution in [-0.2, 0) is 14.3 Å². The Hall–Kier alpha value is -0.260. The predicted molar refractivity (Wildman–Crippen MR) is 68.3 cm³/mol. The summed E-state index contributed by atoms with van der Waals surface area (Å²) in [4.78, 5) is 10.7. The monoisotopic (exact) mass is 262 g/mol. The molecular formula is C12H22O4S. The maximum atomic E-state index is 10.7. The Morgan fingerprint density at radius 3 is 2.35 bits per heavy atom. The van der Waals surface area contributed by atoms with Gasteiger partial charge in [0, 0.05) is 19.0 Å². The fraction of sp³-hybridized carbons (Fsp3) is 0.917. The molecule has 0 atom stereocenters. The second-order valence-corrected chi connectivity index (χ2v) is 5.46. The van der Waals surface area contributed by atoms with Gasteiger partial charge in [0.15, 0.2) is 6.29 Å². The summed E-state index contributed by atoms with van der Waals surface area (Å²) < 4.78 is 10.9. The van der Waals surface area contributed by atoms with Gasteiger partial charge in [-0.25, -0.2) is 0 Å². The Labute approximate surface area is 107 Å². The quantitative estimate of drug-likeness (QED) is 0.613. The molecule has 1 aliphatic rings. The number of hydrogen-bond acceptors (Lipinski definition) is 4. The standard InChI is InChI=1S/C12H22O4S/c1-3-15-11(16-4-2)8-17-9-12(5-6-12)7-10(13)14/h11H,3-9H2,1-2H3,(H,13,14). The largest absolute Gasteiger partial charge is 0.481 e. The van der Waals surface area contributed by atoms with Crippen LogP contribution in [0, 0.1) is 5.41 Å². The second kappa shape index (κ2) is 7.24. The van der Waals surface area contributed by atoms with E-state index >= 15 is 0 Å². The summed E-state index contributed by atoms with van der Waals surface area (Å²) in [5, 5.41) is 8.81. The van der Waals surface area contributed by atoms with Crippen LogP contribution < -0.4 is 0 Å². The molecule has 17 heavy (non-hydrogen) atoms. The Morgan fingerprint density at radius 2 is 1.94 bits per heavy atom. The highest BCUT2D eigenvalue weighted by Crippen LogP contribution is 2.51. The molecule has 0 saturated heterocycles. The number of ether oxygens (including phenoxy) is 2. The number of thioether (sulfide) groups is 1. The van der Waals surface area contributed by atoms with Crippen LogP contribution in [0.25, 0.3) is 0 Å². The van der Waals surface area contributed by atoms with Gasteiger partial charge in [0.1, 0.15) is 0 Å². The van der Waals surface area contributed by atoms with Crippen molar-refractivity contribution in [2.24, 2.45) is 5.41 Å². The second-order valence-electron chi connectivity index (χ2n) is 4.43. The normalized spacial score (nSPS) is 17.4. The summed E-state index contributed by atoms with van der Waals surface area (Å²) in [6.07, 6.45) is 2.23. The van der Waals surface area contributed by atoms with E-state index in [-0.39, 0.29) is 11.7 Å². The van der Waals surface area contributed by atoms with Crippen molar-refractivity contribution in [3.63, 3.8) is 0 Å². The number of aliphatic carboxylic acids is 1. The fourth-order valence-electron chi connectivity index (χ4n) is 1.76. The third kappa shape index (κ3) is 5.75. The van der Waals surface area contributed by atoms with Crippen molar-refractivity contribution in [2.75, 3.05) is 24.7 Å². The lowest BCUT2D eigenvalue weighted by molar-refractivity contribution is -0.138. The molecule has 0 spiro atoms. The van der Waals surface area contributed by atoms with Crippen LogP contribution in [0.5, 0.6) is 0 Å². The van der Waals surface area contributed by atoms with E-state index < -0.39 is 5.97 Å². The maximum absolute atomic E-state index is 10.7. The molecule has 0 unspecified atom stereocenters. The summed E-state index contributed by atoms with van der Waals surface area (Å²) in [7, 11) is 0. The molecule has 0 aromatic rings. The van der Waals surface area contributed by atoms with E-state index in [1.807, 2.05) is 13.8 Å². The van der Waals surface area contributed by atoms with Crippen molar-refractivity contribution in [1.82, 2.24) is 0 Å². The molecule has 4 nitrogen and oxygen atoms in total. The molecule has 0 bridgehead atoms. The first-order valence-electron chi connectivity index (χ1n) is 6.14. The molecule has 0 heterocycles. The van der Waals surface area contributed by atoms with Crippen LogP contribution >= 0.6 is 11.8 Å². The highest BCUT2D eigenvalue weighted by molar-refractivity contribution is 7.99. The summed E-state index contributed by atoms with van der Waals surface area (Å²) >= 11 is 1.74. The average molecular weight is 262 g/mol. The molecular weight excluding hydrogens is 240 g/mol. The average Bonchev–Trinajstić information content (AvgIpc) is 2.97. The van der Waals surface area contributed by atoms with Crippen LogP contribution in [0.15, 0.2) is 0 Å². The minimum absolute atomic E-state index is 0.0550. The van der Waals surface area contributed by atoms with Crippen molar-refractivity contribution in [1.29, 1.82) is 0 Å². The van der Waals surface area contributed by atoms with Gasteiger partial charge >= 0.3 is 5.97 Å². The number of carboxylic acids is 1. The van der Waals surface area contributed by atoms with Gasteiger partial charge < -0.3 is 14.6 Å². The minimum Gasteiger partial charge on any atom is -0.481 e. The van der Waals surface area contributed by atoms with Crippen LogP contribution in [0.1, 0.15) is 33.1 Å². The molecule has 1 aliphatic carbocycles. The van der Waals surface area contributed by atoms with E-state index in [9.17, 15) is 4.79 Å². The van der Waals surface area contributed by atoms with Gasteiger partial charge in [0.25, 0.3) is 0 Å². The van der Waals surface area contributed by atoms with Gasteiger partial charge in [-0.3, -0.25) is 4.79 Å². The summed E-state index contributed by atoms with van der Waals surface area (Å²) in [5.41, 5.74) is 0.0550. The Bertz CT molecular complexity index is 235. The number of rotatable bonds is 10. The van der Waals surface area contributed by atoms with Gasteiger partial charge in [-0.15, -0.1) is 0 Å². The summed E-state index contributed by atoms with van der Waals surface area (Å²) in [6.45, 7) is 5.18. The first-order chi connectivity index (χ1) is 8.12. The number of carboxylic acid groups (broad SMARTS) is 1. The molecule has 1 rings (SSSR count). The van der Waals surface area contributed by atoms with Gasteiger partial charge in [0.2, 0.25) is 0 Å². The van der Waals surface area contributed by atoms with Crippen molar-refractivity contribution >= 4 is 17.7 Å². The maximum Gasteiger partial charge on any atom is 0.303 e. The van der Waals surface area contributed by atoms with E-state index in [4.69, 9.17) is 14.6 Å². The highest BCUT2D eigenvalue weighted by Gasteiger charge is 2.44. The fourth-order valence-corrected chi connectivity index (χ4v) is 3.08. The zero-order valence-corrected chi connectivity index (χ0v) is 11.4. The van der Waals surface area contributed by atoms with Gasteiger partial charge in [0.05, 0.1) is 6.42 Å². The van der Waals surface area contributed by atoms with Crippen molar-refractivity contribution < 1.29 is 19.4 Å². The van der Waals surface area contributed by atoms with Crippen molar-refractivity contribution in [2.45, 2.75) is 39.4 Å². The zero-order valence-electron chi connectivity index (χ0n) is 10.6. The molecule has 0 aromatic carbocycles. The molecule has 0 aliphatic heterocycles. The summed E-state index contributed by atoms with van der Waals surface area (Å²) in [6, 6.07) is 0. The predicted octanol–water partition coefficient (Wildman–Crippen LogP) is 2.37. The SMILES string of the molecule is CCOC(CSCC1(CC(=O)O)CC1)OCC. The molecule has 0 aromatic heterocycles. The molecule has 0 radical (unpaired) electrons. The Kier molecular flexibility index (Phi) is 6.30. The molecule has 1 fully saturated rings. The summed E-state index contributed by atoms with van der Waals surface area (Å²) in [5.74, 6) is 0.994. The Balaban J connectivity index is 2.19. The zero-order chi connectivity index (χ0) is 12.7. The van der Waals surface area contributed by atoms with Gasteiger partial charge in [-0.2, -0.15) is 11.8 Å². The van der Waals surface area contributed by atoms with E-state index in [0.29, 0.717) is 19.6 Å². The van der Waals surface area contributed by atoms with E-state index in [2.05, 4.69) is 0 Å². The molecule has 1 saturated carbocycles. The van der Waals surface area contributed by atoms with Crippen molar-refractivity contribution in [3.8, 4) is 0 Å². The number of carbonyl (C=O) groups is 1. The van der Waals surface area contributed by atoms with E-state index in [0.717, 1.165) is 24.3 Å². The third-order valence-electron chi connectivity index (χ3n) is 2.85. The first-order valence-corrected chi connectivity index (χ1v) is 7.30. The molecule has 100 valence electrons. The first kappa shape index (κ1) is 14.8. The third-order valence-corrected chi connectivity index (χ3v) is 4.17. The molecule has 5 heteroatoms. The highest BCUT2D eigenvalue weighted by atomic mass is 32.2. The minimum atomic E-state index is -0.686. The van der Waals surface area contributed by atoms with Crippen LogP contribution in [0.2, 0.25) is 0 Å². The lowest BCUT2D eigenvalue weighted by Crippen LogP contribution is -2.21. The van der Waals surface area contributed by atoms with E-state index in [1.165, 1.54) is 0 Å². The van der Waals surface area contributed by atoms with Crippen molar-refractivity contribution in [3.05, 3.63) is 0 Å². The number of hydrogen-bond donors (Lipinski definition) is 1. The van der Waals surface area contributed by atoms with E-state index in [1.54, 1.807) is 11.8 Å².